The molecule has 0 saturated heterocycles. The number of amides is 1. The number of rotatable bonds is 7. The van der Waals surface area contributed by atoms with Crippen LogP contribution in [0.2, 0.25) is 0 Å². The molecular weight excluding hydrogens is 278 g/mol. The van der Waals surface area contributed by atoms with Crippen LogP contribution in [-0.2, 0) is 14.3 Å². The molecule has 0 aliphatic heterocycles. The first-order valence-corrected chi connectivity index (χ1v) is 6.15. The summed E-state index contributed by atoms with van der Waals surface area (Å²) in [7, 11) is 1.42. The number of benzene rings is 1. The zero-order valence-electron chi connectivity index (χ0n) is 12.0. The molecule has 1 rings (SSSR count). The molecule has 2 N–H and O–H groups in total. The lowest BCUT2D eigenvalue weighted by Gasteiger charge is -2.13. The van der Waals surface area contributed by atoms with Gasteiger partial charge in [0.2, 0.25) is 0 Å². The van der Waals surface area contributed by atoms with E-state index in [2.05, 4.69) is 0 Å². The number of Topliss-reactive ketones (excluding diaryl/α,β-unsaturated/α-hetero) is 1. The molecule has 0 spiro atoms. The summed E-state index contributed by atoms with van der Waals surface area (Å²) in [6.45, 7) is 2.38. The number of nitrogens with two attached hydrogens (primary N) is 1. The summed E-state index contributed by atoms with van der Waals surface area (Å²) in [4.78, 5) is 33.5. The van der Waals surface area contributed by atoms with Crippen LogP contribution in [0.1, 0.15) is 24.2 Å². The SMILES string of the molecule is COc1cc(C(C)=O)ccc1OCC(=O)O[C@H](C)C(N)=O. The first-order valence-electron chi connectivity index (χ1n) is 6.15. The third-order valence-electron chi connectivity index (χ3n) is 2.62. The van der Waals surface area contributed by atoms with Crippen LogP contribution >= 0.6 is 0 Å². The summed E-state index contributed by atoms with van der Waals surface area (Å²) >= 11 is 0. The first-order chi connectivity index (χ1) is 9.85. The molecule has 7 nitrogen and oxygen atoms in total. The zero-order valence-corrected chi connectivity index (χ0v) is 12.0. The standard InChI is InChI=1S/C14H17NO6/c1-8(16)10-4-5-11(12(6-10)19-3)20-7-13(17)21-9(2)14(15)18/h4-6,9H,7H2,1-3H3,(H2,15,18)/t9-/m1/s1. The minimum Gasteiger partial charge on any atom is -0.493 e. The van der Waals surface area contributed by atoms with Crippen LogP contribution in [-0.4, -0.2) is 37.5 Å². The summed E-state index contributed by atoms with van der Waals surface area (Å²) in [6.07, 6.45) is -1.02. The molecule has 7 heteroatoms. The van der Waals surface area contributed by atoms with Crippen LogP contribution in [0.15, 0.2) is 18.2 Å². The molecule has 1 aromatic carbocycles. The van der Waals surface area contributed by atoms with Gasteiger partial charge in [0.25, 0.3) is 5.91 Å². The number of primary amides is 1. The van der Waals surface area contributed by atoms with Crippen LogP contribution < -0.4 is 15.2 Å². The van der Waals surface area contributed by atoms with Gasteiger partial charge >= 0.3 is 5.97 Å². The molecule has 0 radical (unpaired) electrons. The highest BCUT2D eigenvalue weighted by atomic mass is 16.6. The predicted octanol–water partition coefficient (Wildman–Crippen LogP) is 0.694. The molecule has 0 aliphatic carbocycles. The fourth-order valence-electron chi connectivity index (χ4n) is 1.43. The summed E-state index contributed by atoms with van der Waals surface area (Å²) in [5, 5.41) is 0. The third kappa shape index (κ3) is 4.79. The quantitative estimate of drug-likeness (QED) is 0.586. The van der Waals surface area contributed by atoms with Gasteiger partial charge in [0, 0.05) is 5.56 Å². The Morgan fingerprint density at radius 3 is 2.43 bits per heavy atom. The molecule has 1 amide bonds. The zero-order chi connectivity index (χ0) is 16.0. The van der Waals surface area contributed by atoms with E-state index in [1.807, 2.05) is 0 Å². The molecular formula is C14H17NO6. The van der Waals surface area contributed by atoms with E-state index in [9.17, 15) is 14.4 Å². The minimum atomic E-state index is -1.02. The summed E-state index contributed by atoms with van der Waals surface area (Å²) in [5.74, 6) is -0.995. The summed E-state index contributed by atoms with van der Waals surface area (Å²) < 4.78 is 15.1. The molecule has 21 heavy (non-hydrogen) atoms. The Labute approximate surface area is 122 Å². The topological polar surface area (TPSA) is 105 Å². The van der Waals surface area contributed by atoms with Crippen molar-refractivity contribution in [3.63, 3.8) is 0 Å². The Morgan fingerprint density at radius 2 is 1.90 bits per heavy atom. The fraction of sp³-hybridized carbons (Fsp3) is 0.357. The van der Waals surface area contributed by atoms with Crippen molar-refractivity contribution in [2.24, 2.45) is 5.73 Å². The second kappa shape index (κ2) is 7.28. The van der Waals surface area contributed by atoms with Crippen molar-refractivity contribution in [1.29, 1.82) is 0 Å². The van der Waals surface area contributed by atoms with Crippen LogP contribution in [0.3, 0.4) is 0 Å². The Balaban J connectivity index is 2.69. The average Bonchev–Trinajstić information content (AvgIpc) is 2.44. The normalized spacial score (nSPS) is 11.4. The lowest BCUT2D eigenvalue weighted by Crippen LogP contribution is -2.32. The number of carbonyl (C=O) groups is 3. The predicted molar refractivity (Wildman–Crippen MR) is 73.2 cm³/mol. The maximum atomic E-state index is 11.5. The highest BCUT2D eigenvalue weighted by molar-refractivity contribution is 5.94. The minimum absolute atomic E-state index is 0.116. The smallest absolute Gasteiger partial charge is 0.344 e. The lowest BCUT2D eigenvalue weighted by atomic mass is 10.1. The Hall–Kier alpha value is -2.57. The van der Waals surface area contributed by atoms with Gasteiger partial charge < -0.3 is 19.9 Å². The third-order valence-corrected chi connectivity index (χ3v) is 2.62. The molecule has 0 bridgehead atoms. The maximum absolute atomic E-state index is 11.5. The maximum Gasteiger partial charge on any atom is 0.344 e. The van der Waals surface area contributed by atoms with Gasteiger partial charge in [0.15, 0.2) is 30.0 Å². The van der Waals surface area contributed by atoms with E-state index in [1.54, 1.807) is 6.07 Å². The largest absolute Gasteiger partial charge is 0.493 e. The van der Waals surface area contributed by atoms with Gasteiger partial charge in [0.1, 0.15) is 0 Å². The fourth-order valence-corrected chi connectivity index (χ4v) is 1.43. The van der Waals surface area contributed by atoms with Crippen LogP contribution in [0, 0.1) is 0 Å². The number of carbonyl (C=O) groups excluding carboxylic acids is 3. The van der Waals surface area contributed by atoms with Crippen LogP contribution in [0.25, 0.3) is 0 Å². The molecule has 114 valence electrons. The van der Waals surface area contributed by atoms with E-state index < -0.39 is 24.6 Å². The van der Waals surface area contributed by atoms with Gasteiger partial charge in [0.05, 0.1) is 7.11 Å². The number of methoxy groups -OCH3 is 1. The lowest BCUT2D eigenvalue weighted by molar-refractivity contribution is -0.155. The Kier molecular flexibility index (Phi) is 5.71. The second-order valence-electron chi connectivity index (χ2n) is 4.24. The highest BCUT2D eigenvalue weighted by Gasteiger charge is 2.16. The van der Waals surface area contributed by atoms with Crippen molar-refractivity contribution in [2.45, 2.75) is 20.0 Å². The van der Waals surface area contributed by atoms with E-state index in [-0.39, 0.29) is 11.5 Å². The van der Waals surface area contributed by atoms with Crippen molar-refractivity contribution in [2.75, 3.05) is 13.7 Å². The number of esters is 1. The molecule has 0 aromatic heterocycles. The number of ether oxygens (including phenoxy) is 3. The Morgan fingerprint density at radius 1 is 1.24 bits per heavy atom. The van der Waals surface area contributed by atoms with E-state index >= 15 is 0 Å². The highest BCUT2D eigenvalue weighted by Crippen LogP contribution is 2.28. The van der Waals surface area contributed by atoms with E-state index in [0.717, 1.165) is 0 Å². The van der Waals surface area contributed by atoms with Crippen molar-refractivity contribution in [3.05, 3.63) is 23.8 Å². The van der Waals surface area contributed by atoms with Gasteiger partial charge in [-0.05, 0) is 32.0 Å². The molecule has 1 aromatic rings. The van der Waals surface area contributed by atoms with Gasteiger partial charge in [-0.2, -0.15) is 0 Å². The molecule has 0 unspecified atom stereocenters. The summed E-state index contributed by atoms with van der Waals surface area (Å²) in [6, 6.07) is 4.58. The number of hydrogen-bond donors (Lipinski definition) is 1. The molecule has 0 heterocycles. The first kappa shape index (κ1) is 16.5. The van der Waals surface area contributed by atoms with Crippen LogP contribution in [0.5, 0.6) is 11.5 Å². The van der Waals surface area contributed by atoms with Crippen molar-refractivity contribution in [3.8, 4) is 11.5 Å². The van der Waals surface area contributed by atoms with Crippen molar-refractivity contribution < 1.29 is 28.6 Å². The van der Waals surface area contributed by atoms with E-state index in [0.29, 0.717) is 11.3 Å². The van der Waals surface area contributed by atoms with Gasteiger partial charge in [-0.25, -0.2) is 4.79 Å². The number of ketones is 1. The molecule has 1 atom stereocenters. The van der Waals surface area contributed by atoms with Gasteiger partial charge in [-0.15, -0.1) is 0 Å². The molecule has 0 fully saturated rings. The molecule has 0 aliphatic rings. The average molecular weight is 295 g/mol. The van der Waals surface area contributed by atoms with Crippen molar-refractivity contribution >= 4 is 17.7 Å². The monoisotopic (exact) mass is 295 g/mol. The summed E-state index contributed by atoms with van der Waals surface area (Å²) in [5.41, 5.74) is 5.44. The van der Waals surface area contributed by atoms with Gasteiger partial charge in [-0.1, -0.05) is 0 Å². The number of hydrogen-bond acceptors (Lipinski definition) is 6. The van der Waals surface area contributed by atoms with E-state index in [4.69, 9.17) is 19.9 Å². The second-order valence-corrected chi connectivity index (χ2v) is 4.24. The van der Waals surface area contributed by atoms with Gasteiger partial charge in [-0.3, -0.25) is 9.59 Å². The molecule has 0 saturated carbocycles. The Bertz CT molecular complexity index is 554. The van der Waals surface area contributed by atoms with Crippen LogP contribution in [0.4, 0.5) is 0 Å². The van der Waals surface area contributed by atoms with E-state index in [1.165, 1.54) is 33.1 Å². The van der Waals surface area contributed by atoms with Crippen molar-refractivity contribution in [1.82, 2.24) is 0 Å².